The van der Waals surface area contributed by atoms with Crippen molar-refractivity contribution in [3.63, 3.8) is 0 Å². The highest BCUT2D eigenvalue weighted by atomic mass is 32.1. The summed E-state index contributed by atoms with van der Waals surface area (Å²) in [5.74, 6) is 0.713. The summed E-state index contributed by atoms with van der Waals surface area (Å²) >= 11 is 1.85. The maximum atomic E-state index is 4.76. The molecule has 1 aliphatic rings. The van der Waals surface area contributed by atoms with Gasteiger partial charge in [-0.05, 0) is 40.0 Å². The SMILES string of the molecule is CNCCc1csc(C2CCN(C)CC2)n1. The summed E-state index contributed by atoms with van der Waals surface area (Å²) in [5, 5.41) is 6.76. The lowest BCUT2D eigenvalue weighted by molar-refractivity contribution is 0.255. The zero-order valence-corrected chi connectivity index (χ0v) is 11.0. The predicted octanol–water partition coefficient (Wildman–Crippen LogP) is 1.71. The molecule has 1 aliphatic heterocycles. The molecular weight excluding hydrogens is 218 g/mol. The number of piperidine rings is 1. The number of hydrogen-bond acceptors (Lipinski definition) is 4. The molecule has 0 bridgehead atoms. The lowest BCUT2D eigenvalue weighted by Crippen LogP contribution is -2.29. The minimum Gasteiger partial charge on any atom is -0.319 e. The van der Waals surface area contributed by atoms with Crippen LogP contribution < -0.4 is 5.32 Å². The van der Waals surface area contributed by atoms with Crippen molar-refractivity contribution in [2.24, 2.45) is 0 Å². The van der Waals surface area contributed by atoms with E-state index in [1.165, 1.54) is 36.6 Å². The standard InChI is InChI=1S/C12H21N3S/c1-13-6-3-11-9-16-12(14-11)10-4-7-15(2)8-5-10/h9-10,13H,3-8H2,1-2H3. The van der Waals surface area contributed by atoms with E-state index in [0.29, 0.717) is 5.92 Å². The first-order valence-corrected chi connectivity index (χ1v) is 6.95. The van der Waals surface area contributed by atoms with E-state index in [0.717, 1.165) is 13.0 Å². The van der Waals surface area contributed by atoms with Gasteiger partial charge in [-0.15, -0.1) is 11.3 Å². The van der Waals surface area contributed by atoms with Gasteiger partial charge in [-0.1, -0.05) is 0 Å². The topological polar surface area (TPSA) is 28.2 Å². The molecule has 1 aromatic heterocycles. The number of nitrogens with zero attached hydrogens (tertiary/aromatic N) is 2. The van der Waals surface area contributed by atoms with Crippen molar-refractivity contribution in [2.75, 3.05) is 33.7 Å². The minimum absolute atomic E-state index is 0.713. The zero-order valence-electron chi connectivity index (χ0n) is 10.2. The summed E-state index contributed by atoms with van der Waals surface area (Å²) in [6, 6.07) is 0. The van der Waals surface area contributed by atoms with Gasteiger partial charge in [-0.2, -0.15) is 0 Å². The summed E-state index contributed by atoms with van der Waals surface area (Å²) in [6.45, 7) is 3.46. The average molecular weight is 239 g/mol. The molecule has 0 amide bonds. The maximum Gasteiger partial charge on any atom is 0.0960 e. The van der Waals surface area contributed by atoms with Crippen molar-refractivity contribution in [3.05, 3.63) is 16.1 Å². The van der Waals surface area contributed by atoms with E-state index in [1.54, 1.807) is 0 Å². The molecule has 2 rings (SSSR count). The van der Waals surface area contributed by atoms with Gasteiger partial charge in [0.2, 0.25) is 0 Å². The van der Waals surface area contributed by atoms with Gasteiger partial charge < -0.3 is 10.2 Å². The smallest absolute Gasteiger partial charge is 0.0960 e. The third-order valence-electron chi connectivity index (χ3n) is 3.27. The summed E-state index contributed by atoms with van der Waals surface area (Å²) < 4.78 is 0. The number of aromatic nitrogens is 1. The fourth-order valence-electron chi connectivity index (χ4n) is 2.13. The predicted molar refractivity (Wildman–Crippen MR) is 69.2 cm³/mol. The van der Waals surface area contributed by atoms with Crippen molar-refractivity contribution in [3.8, 4) is 0 Å². The van der Waals surface area contributed by atoms with E-state index in [4.69, 9.17) is 4.98 Å². The van der Waals surface area contributed by atoms with Crippen molar-refractivity contribution >= 4 is 11.3 Å². The molecule has 0 unspecified atom stereocenters. The maximum absolute atomic E-state index is 4.76. The van der Waals surface area contributed by atoms with Crippen molar-refractivity contribution in [2.45, 2.75) is 25.2 Å². The monoisotopic (exact) mass is 239 g/mol. The number of nitrogens with one attached hydrogen (secondary N) is 1. The van der Waals surface area contributed by atoms with E-state index in [2.05, 4.69) is 22.6 Å². The molecule has 2 heterocycles. The molecule has 1 fully saturated rings. The van der Waals surface area contributed by atoms with Crippen LogP contribution in [0.4, 0.5) is 0 Å². The first-order chi connectivity index (χ1) is 7.79. The van der Waals surface area contributed by atoms with Crippen molar-refractivity contribution in [1.29, 1.82) is 0 Å². The van der Waals surface area contributed by atoms with Gasteiger partial charge in [-0.3, -0.25) is 0 Å². The van der Waals surface area contributed by atoms with Crippen LogP contribution in [0.2, 0.25) is 0 Å². The van der Waals surface area contributed by atoms with Crippen LogP contribution in [0.15, 0.2) is 5.38 Å². The number of hydrogen-bond donors (Lipinski definition) is 1. The van der Waals surface area contributed by atoms with Gasteiger partial charge in [0.25, 0.3) is 0 Å². The van der Waals surface area contributed by atoms with Crippen LogP contribution in [0, 0.1) is 0 Å². The van der Waals surface area contributed by atoms with Crippen LogP contribution in [-0.4, -0.2) is 43.6 Å². The Morgan fingerprint density at radius 1 is 1.50 bits per heavy atom. The van der Waals surface area contributed by atoms with Crippen LogP contribution >= 0.6 is 11.3 Å². The number of likely N-dealkylation sites (tertiary alicyclic amines) is 1. The molecule has 0 radical (unpaired) electrons. The van der Waals surface area contributed by atoms with E-state index in [9.17, 15) is 0 Å². The van der Waals surface area contributed by atoms with Gasteiger partial charge in [0.1, 0.15) is 0 Å². The van der Waals surface area contributed by atoms with Gasteiger partial charge in [0.05, 0.1) is 10.7 Å². The molecule has 0 aromatic carbocycles. The summed E-state index contributed by atoms with van der Waals surface area (Å²) in [4.78, 5) is 7.17. The van der Waals surface area contributed by atoms with Crippen LogP contribution in [-0.2, 0) is 6.42 Å². The fourth-order valence-corrected chi connectivity index (χ4v) is 3.16. The normalized spacial score (nSPS) is 19.1. The molecule has 4 heteroatoms. The zero-order chi connectivity index (χ0) is 11.4. The summed E-state index contributed by atoms with van der Waals surface area (Å²) in [7, 11) is 4.20. The highest BCUT2D eigenvalue weighted by Crippen LogP contribution is 2.29. The highest BCUT2D eigenvalue weighted by Gasteiger charge is 2.20. The Morgan fingerprint density at radius 3 is 2.94 bits per heavy atom. The second-order valence-electron chi connectivity index (χ2n) is 4.61. The lowest BCUT2D eigenvalue weighted by Gasteiger charge is -2.27. The third kappa shape index (κ3) is 3.03. The molecular formula is C12H21N3S. The van der Waals surface area contributed by atoms with Gasteiger partial charge in [0, 0.05) is 24.3 Å². The summed E-state index contributed by atoms with van der Waals surface area (Å²) in [5.41, 5.74) is 1.26. The molecule has 1 saturated heterocycles. The van der Waals surface area contributed by atoms with Crippen LogP contribution in [0.3, 0.4) is 0 Å². The van der Waals surface area contributed by atoms with Gasteiger partial charge >= 0.3 is 0 Å². The van der Waals surface area contributed by atoms with Crippen molar-refractivity contribution in [1.82, 2.24) is 15.2 Å². The molecule has 1 aromatic rings. The fraction of sp³-hybridized carbons (Fsp3) is 0.750. The largest absolute Gasteiger partial charge is 0.319 e. The number of rotatable bonds is 4. The van der Waals surface area contributed by atoms with Gasteiger partial charge in [0.15, 0.2) is 0 Å². The molecule has 3 nitrogen and oxygen atoms in total. The lowest BCUT2D eigenvalue weighted by atomic mass is 9.98. The first kappa shape index (κ1) is 12.0. The van der Waals surface area contributed by atoms with Gasteiger partial charge in [-0.25, -0.2) is 4.98 Å². The molecule has 0 saturated carbocycles. The van der Waals surface area contributed by atoms with Crippen LogP contribution in [0.25, 0.3) is 0 Å². The molecule has 1 N–H and O–H groups in total. The Morgan fingerprint density at radius 2 is 2.25 bits per heavy atom. The van der Waals surface area contributed by atoms with Crippen LogP contribution in [0.1, 0.15) is 29.5 Å². The molecule has 0 aliphatic carbocycles. The van der Waals surface area contributed by atoms with E-state index in [1.807, 2.05) is 18.4 Å². The Labute approximate surface area is 102 Å². The van der Waals surface area contributed by atoms with E-state index in [-0.39, 0.29) is 0 Å². The number of likely N-dealkylation sites (N-methyl/N-ethyl adjacent to an activating group) is 1. The quantitative estimate of drug-likeness (QED) is 0.867. The van der Waals surface area contributed by atoms with Crippen molar-refractivity contribution < 1.29 is 0 Å². The highest BCUT2D eigenvalue weighted by molar-refractivity contribution is 7.09. The molecule has 90 valence electrons. The second-order valence-corrected chi connectivity index (χ2v) is 5.50. The molecule has 0 spiro atoms. The summed E-state index contributed by atoms with van der Waals surface area (Å²) in [6.07, 6.45) is 3.60. The Kier molecular flexibility index (Phi) is 4.32. The minimum atomic E-state index is 0.713. The third-order valence-corrected chi connectivity index (χ3v) is 4.32. The Bertz CT molecular complexity index is 316. The second kappa shape index (κ2) is 5.75. The number of thiazole rings is 1. The Hall–Kier alpha value is -0.450. The Balaban J connectivity index is 1.91. The molecule has 16 heavy (non-hydrogen) atoms. The van der Waals surface area contributed by atoms with E-state index >= 15 is 0 Å². The van der Waals surface area contributed by atoms with E-state index < -0.39 is 0 Å². The average Bonchev–Trinajstić information content (AvgIpc) is 2.76. The first-order valence-electron chi connectivity index (χ1n) is 6.07. The molecule has 0 atom stereocenters. The van der Waals surface area contributed by atoms with Crippen LogP contribution in [0.5, 0.6) is 0 Å².